The van der Waals surface area contributed by atoms with Crippen LogP contribution in [0.4, 0.5) is 5.82 Å². The van der Waals surface area contributed by atoms with Crippen LogP contribution in [-0.4, -0.2) is 57.8 Å². The summed E-state index contributed by atoms with van der Waals surface area (Å²) in [6.07, 6.45) is 8.62. The van der Waals surface area contributed by atoms with Crippen LogP contribution in [0.5, 0.6) is 0 Å². The summed E-state index contributed by atoms with van der Waals surface area (Å²) in [5.41, 5.74) is 1.88. The van der Waals surface area contributed by atoms with Crippen molar-refractivity contribution in [2.75, 3.05) is 31.6 Å². The Balaban J connectivity index is 1.46. The van der Waals surface area contributed by atoms with E-state index in [-0.39, 0.29) is 0 Å². The van der Waals surface area contributed by atoms with Gasteiger partial charge >= 0.3 is 0 Å². The molecule has 3 heterocycles. The van der Waals surface area contributed by atoms with Gasteiger partial charge in [0.25, 0.3) is 0 Å². The molecule has 140 valence electrons. The molecule has 0 atom stereocenters. The number of aromatic nitrogens is 3. The van der Waals surface area contributed by atoms with E-state index in [4.69, 9.17) is 16.3 Å². The average Bonchev–Trinajstić information content (AvgIpc) is 3.06. The predicted molar refractivity (Wildman–Crippen MR) is 105 cm³/mol. The lowest BCUT2D eigenvalue weighted by molar-refractivity contribution is 0.00791. The molecule has 0 aromatic carbocycles. The lowest BCUT2D eigenvalue weighted by atomic mass is 9.90. The summed E-state index contributed by atoms with van der Waals surface area (Å²) in [6.45, 7) is 8.45. The quantitative estimate of drug-likeness (QED) is 0.641. The molecule has 0 spiro atoms. The van der Waals surface area contributed by atoms with Crippen molar-refractivity contribution in [3.63, 3.8) is 0 Å². The van der Waals surface area contributed by atoms with Gasteiger partial charge in [-0.1, -0.05) is 6.08 Å². The highest BCUT2D eigenvalue weighted by molar-refractivity contribution is 6.28. The first-order valence-corrected chi connectivity index (χ1v) is 9.84. The summed E-state index contributed by atoms with van der Waals surface area (Å²) >= 11 is 6.14. The zero-order chi connectivity index (χ0) is 17.9. The van der Waals surface area contributed by atoms with Crippen LogP contribution < -0.4 is 5.32 Å². The van der Waals surface area contributed by atoms with E-state index in [1.54, 1.807) is 0 Å². The largest absolute Gasteiger partial charge is 0.379 e. The predicted octanol–water partition coefficient (Wildman–Crippen LogP) is 3.33. The maximum Gasteiger partial charge on any atom is 0.225 e. The SMILES string of the molecule is C=CCn1ccc2nc(Cl)nc(N[C@H]3CC[C@H](N4CCOCC4)CC3)c21. The second-order valence-electron chi connectivity index (χ2n) is 7.13. The number of nitrogens with zero attached hydrogens (tertiary/aromatic N) is 4. The second-order valence-corrected chi connectivity index (χ2v) is 7.47. The molecule has 0 unspecified atom stereocenters. The molecule has 1 saturated carbocycles. The van der Waals surface area contributed by atoms with Crippen LogP contribution in [0.25, 0.3) is 11.0 Å². The standard InChI is InChI=1S/C19H26ClN5O/c1-2-8-25-9-7-16-17(25)18(23-19(20)22-16)21-14-3-5-15(6-4-14)24-10-12-26-13-11-24/h2,7,9,14-15H,1,3-6,8,10-13H2,(H,21,22,23)/t14-,15-. The molecule has 26 heavy (non-hydrogen) atoms. The van der Waals surface area contributed by atoms with Gasteiger partial charge in [-0.25, -0.2) is 4.98 Å². The van der Waals surface area contributed by atoms with Crippen LogP contribution in [0, 0.1) is 0 Å². The van der Waals surface area contributed by atoms with E-state index in [9.17, 15) is 0 Å². The van der Waals surface area contributed by atoms with Crippen LogP contribution >= 0.6 is 11.6 Å². The second kappa shape index (κ2) is 7.94. The Morgan fingerprint density at radius 1 is 1.23 bits per heavy atom. The summed E-state index contributed by atoms with van der Waals surface area (Å²) in [5, 5.41) is 3.93. The smallest absolute Gasteiger partial charge is 0.225 e. The molecular weight excluding hydrogens is 350 g/mol. The zero-order valence-electron chi connectivity index (χ0n) is 15.0. The number of anilines is 1. The summed E-state index contributed by atoms with van der Waals surface area (Å²) < 4.78 is 7.59. The Hall–Kier alpha value is -1.63. The number of hydrogen-bond donors (Lipinski definition) is 1. The molecule has 0 bridgehead atoms. The van der Waals surface area contributed by atoms with E-state index in [1.165, 1.54) is 12.8 Å². The summed E-state index contributed by atoms with van der Waals surface area (Å²) in [6, 6.07) is 3.09. The molecule has 2 aliphatic rings. The number of morpholine rings is 1. The van der Waals surface area contributed by atoms with Gasteiger partial charge in [0.2, 0.25) is 5.28 Å². The highest BCUT2D eigenvalue weighted by atomic mass is 35.5. The van der Waals surface area contributed by atoms with Gasteiger partial charge in [0.05, 0.1) is 18.7 Å². The van der Waals surface area contributed by atoms with E-state index in [0.717, 1.165) is 62.5 Å². The molecule has 2 aromatic heterocycles. The highest BCUT2D eigenvalue weighted by Crippen LogP contribution is 2.29. The monoisotopic (exact) mass is 375 g/mol. The number of nitrogens with one attached hydrogen (secondary N) is 1. The number of hydrogen-bond acceptors (Lipinski definition) is 5. The van der Waals surface area contributed by atoms with E-state index in [0.29, 0.717) is 17.4 Å². The average molecular weight is 376 g/mol. The van der Waals surface area contributed by atoms with E-state index in [1.807, 2.05) is 18.3 Å². The van der Waals surface area contributed by atoms with E-state index < -0.39 is 0 Å². The van der Waals surface area contributed by atoms with Crippen molar-refractivity contribution in [1.82, 2.24) is 19.4 Å². The molecule has 6 nitrogen and oxygen atoms in total. The molecular formula is C19H26ClN5O. The van der Waals surface area contributed by atoms with E-state index in [2.05, 4.69) is 31.3 Å². The Morgan fingerprint density at radius 3 is 2.73 bits per heavy atom. The van der Waals surface area contributed by atoms with Crippen molar-refractivity contribution in [2.45, 2.75) is 44.3 Å². The third-order valence-corrected chi connectivity index (χ3v) is 5.68. The van der Waals surface area contributed by atoms with Crippen molar-refractivity contribution in [3.8, 4) is 0 Å². The Labute approximate surface area is 159 Å². The van der Waals surface area contributed by atoms with Crippen molar-refractivity contribution in [3.05, 3.63) is 30.2 Å². The molecule has 0 radical (unpaired) electrons. The fourth-order valence-corrected chi connectivity index (χ4v) is 4.37. The Kier molecular flexibility index (Phi) is 5.43. The maximum atomic E-state index is 6.14. The van der Waals surface area contributed by atoms with Gasteiger partial charge in [0, 0.05) is 37.9 Å². The van der Waals surface area contributed by atoms with Gasteiger partial charge in [-0.05, 0) is 43.4 Å². The van der Waals surface area contributed by atoms with Gasteiger partial charge in [0.15, 0.2) is 5.82 Å². The number of halogens is 1. The first-order chi connectivity index (χ1) is 12.7. The van der Waals surface area contributed by atoms with Crippen molar-refractivity contribution < 1.29 is 4.74 Å². The minimum absolute atomic E-state index is 0.290. The molecule has 2 aromatic rings. The Morgan fingerprint density at radius 2 is 2.00 bits per heavy atom. The van der Waals surface area contributed by atoms with Crippen LogP contribution in [0.1, 0.15) is 25.7 Å². The molecule has 1 aliphatic carbocycles. The Bertz CT molecular complexity index is 763. The van der Waals surface area contributed by atoms with Gasteiger partial charge in [-0.3, -0.25) is 4.90 Å². The van der Waals surface area contributed by atoms with Gasteiger partial charge in [0.1, 0.15) is 5.52 Å². The van der Waals surface area contributed by atoms with Gasteiger partial charge < -0.3 is 14.6 Å². The van der Waals surface area contributed by atoms with Crippen LogP contribution in [0.15, 0.2) is 24.9 Å². The van der Waals surface area contributed by atoms with Crippen LogP contribution in [0.2, 0.25) is 5.28 Å². The molecule has 0 amide bonds. The number of allylic oxidation sites excluding steroid dienone is 1. The maximum absolute atomic E-state index is 6.14. The first-order valence-electron chi connectivity index (χ1n) is 9.46. The van der Waals surface area contributed by atoms with Crippen LogP contribution in [0.3, 0.4) is 0 Å². The van der Waals surface area contributed by atoms with Crippen molar-refractivity contribution in [1.29, 1.82) is 0 Å². The molecule has 7 heteroatoms. The first kappa shape index (κ1) is 17.8. The lowest BCUT2D eigenvalue weighted by Gasteiger charge is -2.39. The molecule has 2 fully saturated rings. The van der Waals surface area contributed by atoms with Crippen molar-refractivity contribution >= 4 is 28.5 Å². The summed E-state index contributed by atoms with van der Waals surface area (Å²) in [5.74, 6) is 0.835. The number of fused-ring (bicyclic) bond motifs is 1. The number of rotatable bonds is 5. The summed E-state index contributed by atoms with van der Waals surface area (Å²) in [7, 11) is 0. The van der Waals surface area contributed by atoms with E-state index >= 15 is 0 Å². The fraction of sp³-hybridized carbons (Fsp3) is 0.579. The fourth-order valence-electron chi connectivity index (χ4n) is 4.19. The third kappa shape index (κ3) is 3.72. The van der Waals surface area contributed by atoms with Gasteiger partial charge in [-0.15, -0.1) is 6.58 Å². The van der Waals surface area contributed by atoms with Crippen molar-refractivity contribution in [2.24, 2.45) is 0 Å². The van der Waals surface area contributed by atoms with Crippen LogP contribution in [-0.2, 0) is 11.3 Å². The minimum atomic E-state index is 0.290. The molecule has 1 N–H and O–H groups in total. The highest BCUT2D eigenvalue weighted by Gasteiger charge is 2.27. The zero-order valence-corrected chi connectivity index (χ0v) is 15.8. The third-order valence-electron chi connectivity index (χ3n) is 5.51. The molecule has 4 rings (SSSR count). The minimum Gasteiger partial charge on any atom is -0.379 e. The van der Waals surface area contributed by atoms with Gasteiger partial charge in [-0.2, -0.15) is 4.98 Å². The molecule has 1 saturated heterocycles. The molecule has 1 aliphatic heterocycles. The lowest BCUT2D eigenvalue weighted by Crippen LogP contribution is -2.46. The normalized spacial score (nSPS) is 24.7. The number of ether oxygens (including phenoxy) is 1. The summed E-state index contributed by atoms with van der Waals surface area (Å²) in [4.78, 5) is 11.4. The topological polar surface area (TPSA) is 55.2 Å².